The van der Waals surface area contributed by atoms with Gasteiger partial charge in [-0.05, 0) is 42.9 Å². The van der Waals surface area contributed by atoms with Gasteiger partial charge in [0, 0.05) is 38.6 Å². The lowest BCUT2D eigenvalue weighted by molar-refractivity contribution is 0.380. The van der Waals surface area contributed by atoms with Crippen LogP contribution >= 0.6 is 12.2 Å². The first kappa shape index (κ1) is 18.3. The number of hydrogen-bond acceptors (Lipinski definition) is 5. The van der Waals surface area contributed by atoms with Gasteiger partial charge in [0.25, 0.3) is 0 Å². The van der Waals surface area contributed by atoms with Crippen LogP contribution in [-0.4, -0.2) is 51.9 Å². The molecule has 1 aliphatic rings. The molecule has 0 radical (unpaired) electrons. The van der Waals surface area contributed by atoms with E-state index in [4.69, 9.17) is 12.2 Å². The second kappa shape index (κ2) is 9.24. The minimum atomic E-state index is 0.662. The third kappa shape index (κ3) is 4.76. The Bertz CT molecular complexity index is 726. The lowest BCUT2D eigenvalue weighted by Gasteiger charge is -2.36. The van der Waals surface area contributed by atoms with E-state index in [-0.39, 0.29) is 0 Å². The average Bonchev–Trinajstić information content (AvgIpc) is 2.72. The number of pyridine rings is 2. The number of rotatable bonds is 5. The summed E-state index contributed by atoms with van der Waals surface area (Å²) in [6.45, 7) is 5.62. The molecule has 0 spiro atoms. The Kier molecular flexibility index (Phi) is 6.49. The summed E-state index contributed by atoms with van der Waals surface area (Å²) in [6.07, 6.45) is 5.48. The van der Waals surface area contributed by atoms with Crippen molar-refractivity contribution in [3.05, 3.63) is 54.5 Å². The van der Waals surface area contributed by atoms with Gasteiger partial charge in [0.1, 0.15) is 5.82 Å². The first-order chi connectivity index (χ1) is 12.8. The fourth-order valence-electron chi connectivity index (χ4n) is 2.88. The number of hydrogen-bond donors (Lipinski definition) is 1. The molecule has 3 heterocycles. The van der Waals surface area contributed by atoms with Gasteiger partial charge in [0.15, 0.2) is 5.11 Å². The highest BCUT2D eigenvalue weighted by Crippen LogP contribution is 2.12. The second-order valence-electron chi connectivity index (χ2n) is 6.10. The molecule has 136 valence electrons. The predicted octanol–water partition coefficient (Wildman–Crippen LogP) is 2.68. The Morgan fingerprint density at radius 1 is 1.08 bits per heavy atom. The van der Waals surface area contributed by atoms with Gasteiger partial charge in [0.05, 0.1) is 11.4 Å². The molecule has 7 heteroatoms. The van der Waals surface area contributed by atoms with Crippen molar-refractivity contribution in [3.63, 3.8) is 0 Å². The summed E-state index contributed by atoms with van der Waals surface area (Å²) in [5, 5.41) is 5.19. The smallest absolute Gasteiger partial charge is 0.189 e. The van der Waals surface area contributed by atoms with Crippen LogP contribution in [0.1, 0.15) is 25.5 Å². The topological polar surface area (TPSA) is 56.7 Å². The zero-order chi connectivity index (χ0) is 18.2. The average molecular weight is 369 g/mol. The largest absolute Gasteiger partial charge is 0.353 e. The number of aromatic nitrogens is 2. The second-order valence-corrected chi connectivity index (χ2v) is 6.49. The Hall–Kier alpha value is -2.54. The fourth-order valence-corrected chi connectivity index (χ4v) is 3.11. The summed E-state index contributed by atoms with van der Waals surface area (Å²) in [6, 6.07) is 11.9. The molecule has 3 rings (SSSR count). The molecule has 2 aromatic heterocycles. The van der Waals surface area contributed by atoms with Crippen molar-refractivity contribution < 1.29 is 0 Å². The van der Waals surface area contributed by atoms with Gasteiger partial charge in [-0.2, -0.15) is 5.10 Å². The maximum absolute atomic E-state index is 5.53. The van der Waals surface area contributed by atoms with Gasteiger partial charge in [0.2, 0.25) is 0 Å². The zero-order valence-corrected chi connectivity index (χ0v) is 15.8. The van der Waals surface area contributed by atoms with Crippen molar-refractivity contribution in [2.24, 2.45) is 5.10 Å². The molecular weight excluding hydrogens is 344 g/mol. The summed E-state index contributed by atoms with van der Waals surface area (Å²) in [5.74, 6) is 1.02. The van der Waals surface area contributed by atoms with Crippen molar-refractivity contribution in [2.75, 3.05) is 31.1 Å². The van der Waals surface area contributed by atoms with E-state index in [1.165, 1.54) is 0 Å². The molecule has 0 unspecified atom stereocenters. The third-order valence-corrected chi connectivity index (χ3v) is 4.62. The number of anilines is 1. The summed E-state index contributed by atoms with van der Waals surface area (Å²) in [4.78, 5) is 13.2. The Morgan fingerprint density at radius 2 is 1.81 bits per heavy atom. The minimum Gasteiger partial charge on any atom is -0.353 e. The third-order valence-electron chi connectivity index (χ3n) is 4.27. The lowest BCUT2D eigenvalue weighted by atomic mass is 10.1. The number of hydrazone groups is 1. The SMILES string of the molecule is CCC/C(=N/NC(=S)N1CCN(c2ccccn2)CC1)c1ccccn1. The molecule has 2 aromatic rings. The van der Waals surface area contributed by atoms with Crippen LogP contribution in [0.4, 0.5) is 5.82 Å². The van der Waals surface area contributed by atoms with Crippen molar-refractivity contribution in [1.29, 1.82) is 0 Å². The molecule has 26 heavy (non-hydrogen) atoms. The predicted molar refractivity (Wildman–Crippen MR) is 109 cm³/mol. The number of nitrogens with one attached hydrogen (secondary N) is 1. The molecule has 6 nitrogen and oxygen atoms in total. The van der Waals surface area contributed by atoms with E-state index in [1.807, 2.05) is 42.6 Å². The summed E-state index contributed by atoms with van der Waals surface area (Å²) in [5.41, 5.74) is 4.89. The van der Waals surface area contributed by atoms with Crippen LogP contribution in [-0.2, 0) is 0 Å². The van der Waals surface area contributed by atoms with E-state index in [1.54, 1.807) is 6.20 Å². The van der Waals surface area contributed by atoms with E-state index >= 15 is 0 Å². The highest BCUT2D eigenvalue weighted by Gasteiger charge is 2.19. The van der Waals surface area contributed by atoms with E-state index in [0.29, 0.717) is 5.11 Å². The molecule has 1 fully saturated rings. The van der Waals surface area contributed by atoms with E-state index < -0.39 is 0 Å². The van der Waals surface area contributed by atoms with Crippen molar-refractivity contribution in [1.82, 2.24) is 20.3 Å². The molecule has 0 aromatic carbocycles. The lowest BCUT2D eigenvalue weighted by Crippen LogP contribution is -2.51. The van der Waals surface area contributed by atoms with Crippen LogP contribution in [0.3, 0.4) is 0 Å². The van der Waals surface area contributed by atoms with Gasteiger partial charge < -0.3 is 9.80 Å². The van der Waals surface area contributed by atoms with E-state index in [9.17, 15) is 0 Å². The highest BCUT2D eigenvalue weighted by atomic mass is 32.1. The molecule has 0 aliphatic carbocycles. The van der Waals surface area contributed by atoms with Gasteiger partial charge in [-0.25, -0.2) is 4.98 Å². The quantitative estimate of drug-likeness (QED) is 0.497. The van der Waals surface area contributed by atoms with Crippen molar-refractivity contribution in [2.45, 2.75) is 19.8 Å². The number of thiocarbonyl (C=S) groups is 1. The standard InChI is InChI=1S/C19H24N6S/c1-2-7-17(16-8-3-5-10-20-16)22-23-19(26)25-14-12-24(13-15-25)18-9-4-6-11-21-18/h3-6,8-11H,2,7,12-15H2,1H3,(H,23,26)/b22-17-. The van der Waals surface area contributed by atoms with Gasteiger partial charge in [-0.15, -0.1) is 0 Å². The minimum absolute atomic E-state index is 0.662. The maximum atomic E-state index is 5.53. The Balaban J connectivity index is 1.56. The summed E-state index contributed by atoms with van der Waals surface area (Å²) >= 11 is 5.53. The normalized spacial score (nSPS) is 15.0. The maximum Gasteiger partial charge on any atom is 0.189 e. The molecular formula is C19H24N6S. The molecule has 1 aliphatic heterocycles. The van der Waals surface area contributed by atoms with Crippen LogP contribution in [0.25, 0.3) is 0 Å². The molecule has 0 saturated carbocycles. The highest BCUT2D eigenvalue weighted by molar-refractivity contribution is 7.80. The van der Waals surface area contributed by atoms with Crippen LogP contribution in [0, 0.1) is 0 Å². The van der Waals surface area contributed by atoms with Gasteiger partial charge >= 0.3 is 0 Å². The van der Waals surface area contributed by atoms with Crippen molar-refractivity contribution >= 4 is 28.9 Å². The van der Waals surface area contributed by atoms with E-state index in [0.717, 1.165) is 56.2 Å². The van der Waals surface area contributed by atoms with Crippen molar-refractivity contribution in [3.8, 4) is 0 Å². The molecule has 1 saturated heterocycles. The molecule has 0 amide bonds. The Labute approximate surface area is 160 Å². The monoisotopic (exact) mass is 368 g/mol. The van der Waals surface area contributed by atoms with Crippen LogP contribution in [0.5, 0.6) is 0 Å². The molecule has 0 atom stereocenters. The van der Waals surface area contributed by atoms with Crippen LogP contribution in [0.2, 0.25) is 0 Å². The van der Waals surface area contributed by atoms with Crippen LogP contribution < -0.4 is 10.3 Å². The van der Waals surface area contributed by atoms with Gasteiger partial charge in [-0.1, -0.05) is 25.5 Å². The van der Waals surface area contributed by atoms with Gasteiger partial charge in [-0.3, -0.25) is 10.4 Å². The van der Waals surface area contributed by atoms with Crippen LogP contribution in [0.15, 0.2) is 53.9 Å². The van der Waals surface area contributed by atoms with E-state index in [2.05, 4.69) is 37.2 Å². The zero-order valence-electron chi connectivity index (χ0n) is 15.0. The Morgan fingerprint density at radius 3 is 2.42 bits per heavy atom. The first-order valence-corrected chi connectivity index (χ1v) is 9.37. The molecule has 1 N–H and O–H groups in total. The summed E-state index contributed by atoms with van der Waals surface area (Å²) in [7, 11) is 0. The number of piperazine rings is 1. The molecule has 0 bridgehead atoms. The fraction of sp³-hybridized carbons (Fsp3) is 0.368. The summed E-state index contributed by atoms with van der Waals surface area (Å²) < 4.78 is 0. The number of nitrogens with zero attached hydrogens (tertiary/aromatic N) is 5. The first-order valence-electron chi connectivity index (χ1n) is 8.97.